The largest absolute Gasteiger partial charge is 0.356 e. The summed E-state index contributed by atoms with van der Waals surface area (Å²) >= 11 is 0. The summed E-state index contributed by atoms with van der Waals surface area (Å²) in [6.07, 6.45) is 3.45. The maximum atomic E-state index is 12.1. The molecule has 1 aromatic heterocycles. The topological polar surface area (TPSA) is 100 Å². The lowest BCUT2D eigenvalue weighted by molar-refractivity contribution is -0.121. The Kier molecular flexibility index (Phi) is 7.21. The van der Waals surface area contributed by atoms with Crippen LogP contribution in [0.1, 0.15) is 64.2 Å². The molecule has 2 heterocycles. The van der Waals surface area contributed by atoms with Crippen molar-refractivity contribution in [3.8, 4) is 0 Å². The lowest BCUT2D eigenvalue weighted by Gasteiger charge is -2.22. The molecule has 8 nitrogen and oxygen atoms in total. The van der Waals surface area contributed by atoms with Crippen LogP contribution in [0.15, 0.2) is 4.52 Å². The van der Waals surface area contributed by atoms with Gasteiger partial charge in [0.05, 0.1) is 6.04 Å². The fraction of sp³-hybridized carbons (Fsp3) is 0.765. The fourth-order valence-electron chi connectivity index (χ4n) is 2.85. The number of hydrogen-bond donors (Lipinski definition) is 2. The number of rotatable bonds is 8. The standard InChI is InChI=1S/C17H29N5O3/c1-4-18-17(24)22-11-5-6-13(22)16-20-15(25-21-16)8-7-14(23)19-10-9-12(2)3/h12-13H,4-11H2,1-3H3,(H,18,24)(H,19,23). The number of aryl methyl sites for hydroxylation is 1. The van der Waals surface area contributed by atoms with Gasteiger partial charge in [0, 0.05) is 32.5 Å². The average molecular weight is 351 g/mol. The van der Waals surface area contributed by atoms with Gasteiger partial charge in [-0.3, -0.25) is 4.79 Å². The monoisotopic (exact) mass is 351 g/mol. The molecule has 0 aromatic carbocycles. The van der Waals surface area contributed by atoms with Crippen LogP contribution < -0.4 is 10.6 Å². The number of likely N-dealkylation sites (tertiary alicyclic amines) is 1. The molecule has 1 aliphatic heterocycles. The molecule has 25 heavy (non-hydrogen) atoms. The van der Waals surface area contributed by atoms with Gasteiger partial charge in [0.25, 0.3) is 0 Å². The van der Waals surface area contributed by atoms with E-state index in [9.17, 15) is 9.59 Å². The molecule has 2 N–H and O–H groups in total. The Hall–Kier alpha value is -2.12. The van der Waals surface area contributed by atoms with E-state index in [2.05, 4.69) is 34.6 Å². The van der Waals surface area contributed by atoms with Crippen molar-refractivity contribution < 1.29 is 14.1 Å². The van der Waals surface area contributed by atoms with E-state index in [1.54, 1.807) is 4.90 Å². The minimum atomic E-state index is -0.149. The van der Waals surface area contributed by atoms with E-state index < -0.39 is 0 Å². The zero-order valence-electron chi connectivity index (χ0n) is 15.4. The maximum Gasteiger partial charge on any atom is 0.318 e. The summed E-state index contributed by atoms with van der Waals surface area (Å²) in [5.41, 5.74) is 0. The van der Waals surface area contributed by atoms with Gasteiger partial charge in [0.1, 0.15) is 0 Å². The highest BCUT2D eigenvalue weighted by molar-refractivity contribution is 5.76. The van der Waals surface area contributed by atoms with Gasteiger partial charge >= 0.3 is 6.03 Å². The first-order valence-corrected chi connectivity index (χ1v) is 9.14. The van der Waals surface area contributed by atoms with Crippen molar-refractivity contribution in [1.29, 1.82) is 0 Å². The van der Waals surface area contributed by atoms with Gasteiger partial charge in [-0.15, -0.1) is 0 Å². The Morgan fingerprint density at radius 2 is 2.16 bits per heavy atom. The van der Waals surface area contributed by atoms with Crippen LogP contribution in [0.5, 0.6) is 0 Å². The zero-order chi connectivity index (χ0) is 18.2. The summed E-state index contributed by atoms with van der Waals surface area (Å²) < 4.78 is 5.26. The smallest absolute Gasteiger partial charge is 0.318 e. The first-order chi connectivity index (χ1) is 12.0. The molecule has 3 amide bonds. The Labute approximate surface area is 148 Å². The summed E-state index contributed by atoms with van der Waals surface area (Å²) in [4.78, 5) is 30.0. The molecule has 2 rings (SSSR count). The summed E-state index contributed by atoms with van der Waals surface area (Å²) in [7, 11) is 0. The van der Waals surface area contributed by atoms with Crippen molar-refractivity contribution in [2.24, 2.45) is 5.92 Å². The Balaban J connectivity index is 1.83. The van der Waals surface area contributed by atoms with Crippen LogP contribution in [-0.2, 0) is 11.2 Å². The predicted octanol–water partition coefficient (Wildman–Crippen LogP) is 2.03. The number of nitrogens with zero attached hydrogens (tertiary/aromatic N) is 3. The van der Waals surface area contributed by atoms with Crippen molar-refractivity contribution in [3.63, 3.8) is 0 Å². The molecule has 1 fully saturated rings. The lowest BCUT2D eigenvalue weighted by Crippen LogP contribution is -2.39. The first kappa shape index (κ1) is 19.2. The average Bonchev–Trinajstić information content (AvgIpc) is 3.21. The maximum absolute atomic E-state index is 12.1. The van der Waals surface area contributed by atoms with Gasteiger partial charge in [-0.25, -0.2) is 4.79 Å². The molecule has 0 radical (unpaired) electrons. The SMILES string of the molecule is CCNC(=O)N1CCCC1c1noc(CCC(=O)NCCC(C)C)n1. The molecule has 1 aliphatic rings. The van der Waals surface area contributed by atoms with E-state index in [1.165, 1.54) is 0 Å². The quantitative estimate of drug-likeness (QED) is 0.746. The van der Waals surface area contributed by atoms with Gasteiger partial charge in [-0.05, 0) is 32.1 Å². The number of hydrogen-bond acceptors (Lipinski definition) is 5. The Morgan fingerprint density at radius 3 is 2.88 bits per heavy atom. The van der Waals surface area contributed by atoms with Crippen LogP contribution in [0.2, 0.25) is 0 Å². The zero-order valence-corrected chi connectivity index (χ0v) is 15.4. The second-order valence-electron chi connectivity index (χ2n) is 6.77. The molecule has 0 saturated carbocycles. The summed E-state index contributed by atoms with van der Waals surface area (Å²) in [5, 5.41) is 9.72. The van der Waals surface area contributed by atoms with Gasteiger partial charge in [-0.2, -0.15) is 4.98 Å². The van der Waals surface area contributed by atoms with Crippen molar-refractivity contribution in [3.05, 3.63) is 11.7 Å². The van der Waals surface area contributed by atoms with Gasteiger partial charge in [0.15, 0.2) is 5.82 Å². The molecule has 1 aromatic rings. The van der Waals surface area contributed by atoms with E-state index >= 15 is 0 Å². The second-order valence-corrected chi connectivity index (χ2v) is 6.77. The number of carbonyl (C=O) groups excluding carboxylic acids is 2. The van der Waals surface area contributed by atoms with Gasteiger partial charge in [0.2, 0.25) is 11.8 Å². The van der Waals surface area contributed by atoms with E-state index in [1.807, 2.05) is 6.92 Å². The third kappa shape index (κ3) is 5.72. The molecule has 0 spiro atoms. The van der Waals surface area contributed by atoms with Crippen LogP contribution in [0.25, 0.3) is 0 Å². The number of carbonyl (C=O) groups is 2. The predicted molar refractivity (Wildman–Crippen MR) is 92.8 cm³/mol. The molecule has 1 atom stereocenters. The van der Waals surface area contributed by atoms with Crippen molar-refractivity contribution in [2.75, 3.05) is 19.6 Å². The summed E-state index contributed by atoms with van der Waals surface area (Å²) in [5.74, 6) is 1.53. The van der Waals surface area contributed by atoms with Crippen molar-refractivity contribution in [1.82, 2.24) is 25.7 Å². The van der Waals surface area contributed by atoms with E-state index in [0.29, 0.717) is 50.1 Å². The summed E-state index contributed by atoms with van der Waals surface area (Å²) in [6, 6.07) is -0.246. The molecule has 8 heteroatoms. The second kappa shape index (κ2) is 9.39. The van der Waals surface area contributed by atoms with Crippen LogP contribution in [0.3, 0.4) is 0 Å². The fourth-order valence-corrected chi connectivity index (χ4v) is 2.85. The van der Waals surface area contributed by atoms with Crippen LogP contribution in [-0.4, -0.2) is 46.6 Å². The molecule has 140 valence electrons. The van der Waals surface area contributed by atoms with E-state index in [0.717, 1.165) is 19.3 Å². The number of nitrogens with one attached hydrogen (secondary N) is 2. The first-order valence-electron chi connectivity index (χ1n) is 9.14. The van der Waals surface area contributed by atoms with E-state index in [4.69, 9.17) is 4.52 Å². The minimum absolute atomic E-state index is 0.00906. The van der Waals surface area contributed by atoms with Crippen molar-refractivity contribution in [2.45, 2.75) is 58.9 Å². The number of urea groups is 1. The normalized spacial score (nSPS) is 17.1. The van der Waals surface area contributed by atoms with Crippen LogP contribution >= 0.6 is 0 Å². The number of aromatic nitrogens is 2. The lowest BCUT2D eigenvalue weighted by atomic mass is 10.1. The Morgan fingerprint density at radius 1 is 1.36 bits per heavy atom. The Bertz CT molecular complexity index is 572. The van der Waals surface area contributed by atoms with Gasteiger partial charge in [-0.1, -0.05) is 19.0 Å². The van der Waals surface area contributed by atoms with Crippen molar-refractivity contribution >= 4 is 11.9 Å². The molecule has 0 bridgehead atoms. The van der Waals surface area contributed by atoms with Gasteiger partial charge < -0.3 is 20.1 Å². The summed E-state index contributed by atoms with van der Waals surface area (Å²) in [6.45, 7) is 8.11. The third-order valence-electron chi connectivity index (χ3n) is 4.23. The molecule has 0 aliphatic carbocycles. The number of amides is 3. The minimum Gasteiger partial charge on any atom is -0.356 e. The molecular formula is C17H29N5O3. The highest BCUT2D eigenvalue weighted by Gasteiger charge is 2.33. The third-order valence-corrected chi connectivity index (χ3v) is 4.23. The highest BCUT2D eigenvalue weighted by Crippen LogP contribution is 2.30. The molecule has 1 unspecified atom stereocenters. The van der Waals surface area contributed by atoms with Crippen LogP contribution in [0.4, 0.5) is 4.79 Å². The molecule has 1 saturated heterocycles. The van der Waals surface area contributed by atoms with Crippen LogP contribution in [0, 0.1) is 5.92 Å². The highest BCUT2D eigenvalue weighted by atomic mass is 16.5. The molecular weight excluding hydrogens is 322 g/mol. The van der Waals surface area contributed by atoms with E-state index in [-0.39, 0.29) is 18.0 Å².